The summed E-state index contributed by atoms with van der Waals surface area (Å²) in [6.07, 6.45) is 0. The Morgan fingerprint density at radius 2 is 2.00 bits per heavy atom. The quantitative estimate of drug-likeness (QED) is 0.691. The largest absolute Gasteiger partial charge is 0.441 e. The van der Waals surface area contributed by atoms with Crippen LogP contribution in [0.15, 0.2) is 52.6 Å². The Balaban J connectivity index is 1.62. The van der Waals surface area contributed by atoms with Gasteiger partial charge in [-0.15, -0.1) is 5.10 Å². The van der Waals surface area contributed by atoms with Crippen LogP contribution in [-0.4, -0.2) is 40.8 Å². The highest BCUT2D eigenvalue weighted by atomic mass is 35.5. The van der Waals surface area contributed by atoms with Gasteiger partial charge in [-0.05, 0) is 55.8 Å². The number of benzene rings is 2. The molecule has 0 saturated carbocycles. The molecule has 152 valence electrons. The van der Waals surface area contributed by atoms with E-state index in [-0.39, 0.29) is 11.7 Å². The molecule has 2 aromatic carbocycles. The number of rotatable bonds is 5. The first-order valence-corrected chi connectivity index (χ1v) is 10.7. The zero-order valence-corrected chi connectivity index (χ0v) is 18.3. The topological polar surface area (TPSA) is 66.3 Å². The number of nitrogens with one attached hydrogen (secondary N) is 1. The van der Waals surface area contributed by atoms with Crippen LogP contribution in [0.25, 0.3) is 0 Å². The number of amidine groups is 1. The number of hydrazone groups is 1. The van der Waals surface area contributed by atoms with E-state index in [1.54, 1.807) is 36.4 Å². The molecule has 0 aliphatic carbocycles. The number of hydrogen-bond acceptors (Lipinski definition) is 6. The molecule has 0 aromatic heterocycles. The Labute approximate surface area is 183 Å². The molecule has 0 fully saturated rings. The number of ether oxygens (including phenoxy) is 1. The Hall–Kier alpha value is -2.22. The molecule has 1 heterocycles. The van der Waals surface area contributed by atoms with Gasteiger partial charge in [-0.2, -0.15) is 4.99 Å². The fourth-order valence-electron chi connectivity index (χ4n) is 2.47. The van der Waals surface area contributed by atoms with Crippen LogP contribution in [0.5, 0.6) is 5.75 Å². The molecule has 29 heavy (non-hydrogen) atoms. The zero-order valence-electron chi connectivity index (χ0n) is 16.0. The number of anilines is 1. The van der Waals surface area contributed by atoms with Gasteiger partial charge in [0.1, 0.15) is 12.3 Å². The minimum absolute atomic E-state index is 0.160. The van der Waals surface area contributed by atoms with Gasteiger partial charge in [0.2, 0.25) is 17.0 Å². The van der Waals surface area contributed by atoms with Gasteiger partial charge >= 0.3 is 0 Å². The molecular weight excluding hydrogens is 431 g/mol. The van der Waals surface area contributed by atoms with Gasteiger partial charge in [-0.1, -0.05) is 41.0 Å². The van der Waals surface area contributed by atoms with Crippen molar-refractivity contribution in [2.75, 3.05) is 24.2 Å². The molecule has 1 aliphatic heterocycles. The third-order valence-electron chi connectivity index (χ3n) is 4.05. The summed E-state index contributed by atoms with van der Waals surface area (Å²) >= 11 is 13.3. The Morgan fingerprint density at radius 1 is 1.24 bits per heavy atom. The molecule has 1 aliphatic rings. The van der Waals surface area contributed by atoms with E-state index in [4.69, 9.17) is 27.9 Å². The minimum atomic E-state index is -0.160. The van der Waals surface area contributed by atoms with E-state index in [1.807, 2.05) is 24.9 Å². The van der Waals surface area contributed by atoms with Crippen molar-refractivity contribution in [1.82, 2.24) is 5.01 Å². The molecule has 9 heteroatoms. The maximum Gasteiger partial charge on any atom is 0.234 e. The third-order valence-corrected chi connectivity index (χ3v) is 5.55. The lowest BCUT2D eigenvalue weighted by Gasteiger charge is -2.23. The lowest BCUT2D eigenvalue weighted by molar-refractivity contribution is -0.113. The lowest BCUT2D eigenvalue weighted by Crippen LogP contribution is -2.33. The van der Waals surface area contributed by atoms with E-state index in [9.17, 15) is 4.79 Å². The maximum absolute atomic E-state index is 12.3. The average Bonchev–Trinajstić information content (AvgIpc) is 2.71. The second-order valence-electron chi connectivity index (χ2n) is 6.17. The zero-order chi connectivity index (χ0) is 20.8. The second kappa shape index (κ2) is 10.0. The number of hydrogen-bond donors (Lipinski definition) is 1. The first-order valence-electron chi connectivity index (χ1n) is 8.97. The highest BCUT2D eigenvalue weighted by molar-refractivity contribution is 8.14. The monoisotopic (exact) mass is 450 g/mol. The van der Waals surface area contributed by atoms with Crippen LogP contribution in [0.3, 0.4) is 0 Å². The van der Waals surface area contributed by atoms with Gasteiger partial charge in [-0.25, -0.2) is 0 Å². The van der Waals surface area contributed by atoms with Gasteiger partial charge in [0, 0.05) is 22.3 Å². The van der Waals surface area contributed by atoms with Crippen LogP contribution < -0.4 is 10.1 Å². The number of likely N-dealkylation sites (N-methyl/N-ethyl adjacent to an activating group) is 1. The van der Waals surface area contributed by atoms with Crippen molar-refractivity contribution in [3.05, 3.63) is 58.1 Å². The van der Waals surface area contributed by atoms with E-state index in [1.165, 1.54) is 11.8 Å². The first kappa shape index (κ1) is 21.5. The molecule has 2 aromatic rings. The number of amides is 1. The fourth-order valence-corrected chi connectivity index (χ4v) is 3.45. The van der Waals surface area contributed by atoms with Gasteiger partial charge in [0.15, 0.2) is 0 Å². The van der Waals surface area contributed by atoms with Crippen LogP contribution in [-0.2, 0) is 4.79 Å². The average molecular weight is 451 g/mol. The highest BCUT2D eigenvalue weighted by Gasteiger charge is 2.18. The molecule has 1 N–H and O–H groups in total. The van der Waals surface area contributed by atoms with Gasteiger partial charge in [0.25, 0.3) is 0 Å². The van der Waals surface area contributed by atoms with Crippen LogP contribution >= 0.6 is 35.0 Å². The summed E-state index contributed by atoms with van der Waals surface area (Å²) in [6, 6.07) is 12.5. The minimum Gasteiger partial charge on any atom is -0.441 e. The summed E-state index contributed by atoms with van der Waals surface area (Å²) in [5, 5.41) is 10.9. The van der Waals surface area contributed by atoms with Crippen molar-refractivity contribution < 1.29 is 9.53 Å². The SMILES string of the molecule is CCN1CC(Oc2ccc(Cl)cc2)=NC(SCC(=O)Nc2cccc(Cl)c2C)=N1. The van der Waals surface area contributed by atoms with Crippen LogP contribution in [0.4, 0.5) is 5.69 Å². The van der Waals surface area contributed by atoms with Crippen LogP contribution in [0.1, 0.15) is 12.5 Å². The Kier molecular flexibility index (Phi) is 7.41. The van der Waals surface area contributed by atoms with E-state index in [0.29, 0.717) is 45.6 Å². The predicted octanol–water partition coefficient (Wildman–Crippen LogP) is 5.06. The van der Waals surface area contributed by atoms with Crippen LogP contribution in [0.2, 0.25) is 10.0 Å². The number of aliphatic imine (C=N–C) groups is 1. The maximum atomic E-state index is 12.3. The molecular formula is C20H20Cl2N4O2S. The van der Waals surface area contributed by atoms with Crippen molar-refractivity contribution in [2.45, 2.75) is 13.8 Å². The third kappa shape index (κ3) is 6.13. The first-order chi connectivity index (χ1) is 13.9. The van der Waals surface area contributed by atoms with Crippen molar-refractivity contribution in [3.63, 3.8) is 0 Å². The van der Waals surface area contributed by atoms with Gasteiger partial charge in [-0.3, -0.25) is 9.80 Å². The summed E-state index contributed by atoms with van der Waals surface area (Å²) < 4.78 is 5.84. The molecule has 0 unspecified atom stereocenters. The summed E-state index contributed by atoms with van der Waals surface area (Å²) in [4.78, 5) is 16.8. The lowest BCUT2D eigenvalue weighted by atomic mass is 10.2. The molecule has 1 amide bonds. The molecule has 0 radical (unpaired) electrons. The van der Waals surface area contributed by atoms with Crippen molar-refractivity contribution in [2.24, 2.45) is 10.1 Å². The summed E-state index contributed by atoms with van der Waals surface area (Å²) in [5.74, 6) is 1.16. The van der Waals surface area contributed by atoms with Gasteiger partial charge < -0.3 is 10.1 Å². The van der Waals surface area contributed by atoms with E-state index in [2.05, 4.69) is 15.4 Å². The molecule has 0 atom stereocenters. The predicted molar refractivity (Wildman–Crippen MR) is 121 cm³/mol. The molecule has 0 saturated heterocycles. The summed E-state index contributed by atoms with van der Waals surface area (Å²) in [7, 11) is 0. The summed E-state index contributed by atoms with van der Waals surface area (Å²) in [5.41, 5.74) is 1.52. The highest BCUT2D eigenvalue weighted by Crippen LogP contribution is 2.23. The van der Waals surface area contributed by atoms with Crippen molar-refractivity contribution in [1.29, 1.82) is 0 Å². The number of nitrogens with zero attached hydrogens (tertiary/aromatic N) is 3. The van der Waals surface area contributed by atoms with E-state index in [0.717, 1.165) is 5.56 Å². The normalized spacial score (nSPS) is 13.6. The standard InChI is InChI=1S/C20H20Cl2N4O2S/c1-3-26-11-19(28-15-9-7-14(21)8-10-15)24-20(25-26)29-12-18(27)23-17-6-4-5-16(22)13(17)2/h4-10H,3,11-12H2,1-2H3,(H,23,27). The Bertz CT molecular complexity index is 948. The van der Waals surface area contributed by atoms with Crippen molar-refractivity contribution >= 4 is 57.6 Å². The van der Waals surface area contributed by atoms with Crippen molar-refractivity contribution in [3.8, 4) is 5.75 Å². The smallest absolute Gasteiger partial charge is 0.234 e. The fraction of sp³-hybridized carbons (Fsp3) is 0.250. The van der Waals surface area contributed by atoms with E-state index >= 15 is 0 Å². The number of thioether (sulfide) groups is 1. The number of carbonyl (C=O) groups excluding carboxylic acids is 1. The van der Waals surface area contributed by atoms with Gasteiger partial charge in [0.05, 0.1) is 5.75 Å². The molecule has 6 nitrogen and oxygen atoms in total. The molecule has 3 rings (SSSR count). The molecule has 0 spiro atoms. The number of carbonyl (C=O) groups is 1. The summed E-state index contributed by atoms with van der Waals surface area (Å²) in [6.45, 7) is 5.00. The van der Waals surface area contributed by atoms with Crippen LogP contribution in [0, 0.1) is 6.92 Å². The number of halogens is 2. The Morgan fingerprint density at radius 3 is 2.72 bits per heavy atom. The van der Waals surface area contributed by atoms with E-state index < -0.39 is 0 Å². The molecule has 0 bridgehead atoms. The second-order valence-corrected chi connectivity index (χ2v) is 7.96.